The third kappa shape index (κ3) is 11.8. The molecule has 0 fully saturated rings. The monoisotopic (exact) mass is 532 g/mol. The highest BCUT2D eigenvalue weighted by molar-refractivity contribution is 6.17. The van der Waals surface area contributed by atoms with Gasteiger partial charge in [-0.1, -0.05) is 86.1 Å². The number of carbonyl (C=O) groups is 4. The van der Waals surface area contributed by atoms with Crippen LogP contribution in [0.4, 0.5) is 4.79 Å². The number of amides is 2. The van der Waals surface area contributed by atoms with Gasteiger partial charge in [0, 0.05) is 6.42 Å². The number of nitrogens with one attached hydrogen (secondary N) is 2. The molecule has 37 heavy (non-hydrogen) atoms. The van der Waals surface area contributed by atoms with E-state index >= 15 is 0 Å². The molecule has 2 N–H and O–H groups in total. The molecule has 0 heterocycles. The maximum absolute atomic E-state index is 12.8. The average molecular weight is 533 g/mol. The van der Waals surface area contributed by atoms with E-state index < -0.39 is 36.0 Å². The zero-order chi connectivity index (χ0) is 27.0. The Balaban J connectivity index is 2.01. The number of urea groups is 1. The summed E-state index contributed by atoms with van der Waals surface area (Å²) in [7, 11) is 0. The van der Waals surface area contributed by atoms with Gasteiger partial charge in [-0.3, -0.25) is 4.79 Å². The highest BCUT2D eigenvalue weighted by Crippen LogP contribution is 2.10. The molecule has 0 aliphatic rings. The predicted molar refractivity (Wildman–Crippen MR) is 137 cm³/mol. The van der Waals surface area contributed by atoms with E-state index in [0.717, 1.165) is 11.1 Å². The van der Waals surface area contributed by atoms with Crippen LogP contribution < -0.4 is 10.6 Å². The van der Waals surface area contributed by atoms with Crippen molar-refractivity contribution in [2.24, 2.45) is 5.92 Å². The van der Waals surface area contributed by atoms with Crippen molar-refractivity contribution in [3.8, 4) is 0 Å². The number of hydrogen-bond donors (Lipinski definition) is 2. The van der Waals surface area contributed by atoms with Crippen LogP contribution in [0.15, 0.2) is 60.7 Å². The summed E-state index contributed by atoms with van der Waals surface area (Å²) >= 11 is 5.41. The van der Waals surface area contributed by atoms with Crippen LogP contribution in [0.5, 0.6) is 0 Å². The van der Waals surface area contributed by atoms with E-state index in [0.29, 0.717) is 6.42 Å². The molecule has 0 saturated heterocycles. The van der Waals surface area contributed by atoms with E-state index in [2.05, 4.69) is 10.6 Å². The van der Waals surface area contributed by atoms with Crippen LogP contribution in [0.3, 0.4) is 0 Å². The van der Waals surface area contributed by atoms with Crippen molar-refractivity contribution >= 4 is 35.5 Å². The second kappa shape index (κ2) is 16.2. The molecule has 200 valence electrons. The Kier molecular flexibility index (Phi) is 13.0. The Hall–Kier alpha value is -3.59. The van der Waals surface area contributed by atoms with E-state index in [1.807, 2.05) is 50.2 Å². The standard InChI is InChI=1S/C27H33ClN2O7/c1-19(2)15-23(26(33)36-17-21-11-7-4-8-12-21)30-27(34)29-22(13-14-24(31)37-18-28)25(32)35-16-20-9-5-3-6-10-20/h3-12,19,22-23H,13-18H2,1-2H3,(H2,29,30,34)/t22-,23-/m0/s1. The molecule has 0 spiro atoms. The molecule has 2 amide bonds. The summed E-state index contributed by atoms with van der Waals surface area (Å²) in [5.74, 6) is -1.88. The van der Waals surface area contributed by atoms with Crippen molar-refractivity contribution in [3.63, 3.8) is 0 Å². The number of carbonyl (C=O) groups excluding carboxylic acids is 4. The fraction of sp³-hybridized carbons (Fsp3) is 0.407. The molecule has 2 aromatic rings. The molecular weight excluding hydrogens is 500 g/mol. The summed E-state index contributed by atoms with van der Waals surface area (Å²) in [5, 5.41) is 5.10. The fourth-order valence-corrected chi connectivity index (χ4v) is 3.47. The number of rotatable bonds is 14. The lowest BCUT2D eigenvalue weighted by molar-refractivity contribution is -0.148. The molecule has 2 aromatic carbocycles. The number of esters is 3. The van der Waals surface area contributed by atoms with Gasteiger partial charge in [0.05, 0.1) is 0 Å². The second-order valence-electron chi connectivity index (χ2n) is 8.70. The number of benzene rings is 2. The normalized spacial score (nSPS) is 12.2. The van der Waals surface area contributed by atoms with Crippen LogP contribution in [-0.4, -0.2) is 42.1 Å². The van der Waals surface area contributed by atoms with Crippen molar-refractivity contribution in [1.29, 1.82) is 0 Å². The van der Waals surface area contributed by atoms with Gasteiger partial charge in [-0.15, -0.1) is 0 Å². The molecule has 2 rings (SSSR count). The van der Waals surface area contributed by atoms with Gasteiger partial charge in [-0.25, -0.2) is 14.4 Å². The van der Waals surface area contributed by atoms with Gasteiger partial charge in [0.2, 0.25) is 0 Å². The van der Waals surface area contributed by atoms with Gasteiger partial charge in [0.15, 0.2) is 6.07 Å². The molecule has 0 radical (unpaired) electrons. The molecule has 10 heteroatoms. The fourth-order valence-electron chi connectivity index (χ4n) is 3.35. The number of hydrogen-bond acceptors (Lipinski definition) is 7. The van der Waals surface area contributed by atoms with Crippen LogP contribution in [0, 0.1) is 5.92 Å². The van der Waals surface area contributed by atoms with Crippen molar-refractivity contribution in [1.82, 2.24) is 10.6 Å². The van der Waals surface area contributed by atoms with Crippen molar-refractivity contribution in [3.05, 3.63) is 71.8 Å². The maximum Gasteiger partial charge on any atom is 0.329 e. The SMILES string of the molecule is CC(C)C[C@H](NC(=O)N[C@@H](CCC(=O)OCCl)C(=O)OCc1ccccc1)C(=O)OCc1ccccc1. The quantitative estimate of drug-likeness (QED) is 0.214. The number of alkyl halides is 1. The zero-order valence-electron chi connectivity index (χ0n) is 21.0. The summed E-state index contributed by atoms with van der Waals surface area (Å²) in [4.78, 5) is 50.0. The van der Waals surface area contributed by atoms with Gasteiger partial charge in [-0.2, -0.15) is 0 Å². The van der Waals surface area contributed by atoms with Gasteiger partial charge >= 0.3 is 23.9 Å². The van der Waals surface area contributed by atoms with Gasteiger partial charge < -0.3 is 24.8 Å². The second-order valence-corrected chi connectivity index (χ2v) is 8.92. The first-order valence-electron chi connectivity index (χ1n) is 12.0. The molecule has 9 nitrogen and oxygen atoms in total. The number of halogens is 1. The lowest BCUT2D eigenvalue weighted by atomic mass is 10.0. The first-order valence-corrected chi connectivity index (χ1v) is 12.5. The minimum absolute atomic E-state index is 0.00656. The molecule has 2 atom stereocenters. The summed E-state index contributed by atoms with van der Waals surface area (Å²) in [5.41, 5.74) is 1.58. The van der Waals surface area contributed by atoms with Crippen LogP contribution in [0.2, 0.25) is 0 Å². The topological polar surface area (TPSA) is 120 Å². The van der Waals surface area contributed by atoms with Crippen LogP contribution >= 0.6 is 11.6 Å². The summed E-state index contributed by atoms with van der Waals surface area (Å²) < 4.78 is 15.4. The Morgan fingerprint density at radius 3 is 1.73 bits per heavy atom. The Morgan fingerprint density at radius 1 is 0.757 bits per heavy atom. The third-order valence-corrected chi connectivity index (χ3v) is 5.30. The molecule has 0 saturated carbocycles. The first-order chi connectivity index (χ1) is 17.8. The van der Waals surface area contributed by atoms with Gasteiger partial charge in [0.25, 0.3) is 0 Å². The number of ether oxygens (including phenoxy) is 3. The highest BCUT2D eigenvalue weighted by atomic mass is 35.5. The lowest BCUT2D eigenvalue weighted by Crippen LogP contribution is -2.52. The van der Waals surface area contributed by atoms with E-state index in [1.165, 1.54) is 0 Å². The smallest absolute Gasteiger partial charge is 0.329 e. The van der Waals surface area contributed by atoms with Crippen LogP contribution in [0.25, 0.3) is 0 Å². The average Bonchev–Trinajstić information content (AvgIpc) is 2.89. The Labute approximate surface area is 221 Å². The van der Waals surface area contributed by atoms with Crippen molar-refractivity contribution in [2.75, 3.05) is 6.07 Å². The van der Waals surface area contributed by atoms with E-state index in [4.69, 9.17) is 25.8 Å². The summed E-state index contributed by atoms with van der Waals surface area (Å²) in [6, 6.07) is 15.0. The molecule has 0 unspecified atom stereocenters. The van der Waals surface area contributed by atoms with Crippen molar-refractivity contribution in [2.45, 2.75) is 58.4 Å². The van der Waals surface area contributed by atoms with Crippen LogP contribution in [-0.2, 0) is 41.8 Å². The zero-order valence-corrected chi connectivity index (χ0v) is 21.7. The molecule has 0 bridgehead atoms. The van der Waals surface area contributed by atoms with E-state index in [1.54, 1.807) is 24.3 Å². The maximum atomic E-state index is 12.8. The van der Waals surface area contributed by atoms with Gasteiger partial charge in [-0.05, 0) is 29.9 Å². The molecular formula is C27H33ClN2O7. The van der Waals surface area contributed by atoms with Gasteiger partial charge in [0.1, 0.15) is 25.3 Å². The highest BCUT2D eigenvalue weighted by Gasteiger charge is 2.28. The Bertz CT molecular complexity index is 1000. The minimum atomic E-state index is -1.16. The summed E-state index contributed by atoms with van der Waals surface area (Å²) in [6.07, 6.45) is 0.0723. The molecule has 0 aliphatic carbocycles. The van der Waals surface area contributed by atoms with E-state index in [9.17, 15) is 19.2 Å². The third-order valence-electron chi connectivity index (χ3n) is 5.19. The first kappa shape index (κ1) is 29.6. The van der Waals surface area contributed by atoms with Crippen molar-refractivity contribution < 1.29 is 33.4 Å². The summed E-state index contributed by atoms with van der Waals surface area (Å²) in [6.45, 7) is 3.87. The predicted octanol–water partition coefficient (Wildman–Crippen LogP) is 4.08. The minimum Gasteiger partial charge on any atom is -0.459 e. The Morgan fingerprint density at radius 2 is 1.24 bits per heavy atom. The lowest BCUT2D eigenvalue weighted by Gasteiger charge is -2.22. The van der Waals surface area contributed by atoms with E-state index in [-0.39, 0.29) is 38.0 Å². The molecule has 0 aliphatic heterocycles. The molecule has 0 aromatic heterocycles. The largest absolute Gasteiger partial charge is 0.459 e. The van der Waals surface area contributed by atoms with Crippen LogP contribution in [0.1, 0.15) is 44.2 Å².